The second-order valence-electron chi connectivity index (χ2n) is 3.00. The lowest BCUT2D eigenvalue weighted by molar-refractivity contribution is -0.402. The van der Waals surface area contributed by atoms with E-state index >= 15 is 0 Å². The first-order valence-corrected chi connectivity index (χ1v) is 4.84. The average Bonchev–Trinajstić information content (AvgIpc) is 2.28. The zero-order valence-corrected chi connectivity index (χ0v) is 9.46. The zero-order valence-electron chi connectivity index (χ0n) is 8.70. The number of halogens is 1. The van der Waals surface area contributed by atoms with Gasteiger partial charge < -0.3 is 5.32 Å². The van der Waals surface area contributed by atoms with Gasteiger partial charge in [0.05, 0.1) is 26.6 Å². The zero-order chi connectivity index (χ0) is 13.7. The fraction of sp³-hybridized carbons (Fsp3) is 0. The quantitative estimate of drug-likeness (QED) is 0.661. The number of carbonyl (C=O) groups excluding carboxylic acids is 1. The molecule has 0 spiro atoms. The summed E-state index contributed by atoms with van der Waals surface area (Å²) in [4.78, 5) is 30.6. The molecule has 0 bridgehead atoms. The number of non-ortho nitro benzene ring substituents is 1. The Kier molecular flexibility index (Phi) is 4.33. The molecule has 1 aromatic rings. The van der Waals surface area contributed by atoms with Crippen molar-refractivity contribution in [3.8, 4) is 0 Å². The van der Waals surface area contributed by atoms with Crippen LogP contribution in [0.25, 0.3) is 0 Å². The van der Waals surface area contributed by atoms with Gasteiger partial charge in [-0.25, -0.2) is 0 Å². The van der Waals surface area contributed by atoms with Gasteiger partial charge in [0.1, 0.15) is 0 Å². The van der Waals surface area contributed by atoms with Crippen LogP contribution in [0.15, 0.2) is 30.6 Å². The minimum atomic E-state index is -0.776. The fourth-order valence-corrected chi connectivity index (χ4v) is 1.26. The molecule has 0 aliphatic carbocycles. The molecule has 0 aromatic heterocycles. The van der Waals surface area contributed by atoms with E-state index in [2.05, 4.69) is 5.32 Å². The molecule has 9 heteroatoms. The van der Waals surface area contributed by atoms with Crippen molar-refractivity contribution in [2.75, 3.05) is 0 Å². The number of nitrogens with zero attached hydrogens (tertiary/aromatic N) is 2. The van der Waals surface area contributed by atoms with Crippen LogP contribution < -0.4 is 5.32 Å². The minimum absolute atomic E-state index is 0.00704. The van der Waals surface area contributed by atoms with Gasteiger partial charge >= 0.3 is 0 Å². The summed E-state index contributed by atoms with van der Waals surface area (Å²) in [5, 5.41) is 22.6. The minimum Gasteiger partial charge on any atom is -0.323 e. The molecule has 1 aromatic carbocycles. The van der Waals surface area contributed by atoms with Crippen molar-refractivity contribution in [1.29, 1.82) is 0 Å². The largest absolute Gasteiger partial charge is 0.323 e. The van der Waals surface area contributed by atoms with Crippen LogP contribution in [0.3, 0.4) is 0 Å². The Morgan fingerprint density at radius 1 is 1.33 bits per heavy atom. The van der Waals surface area contributed by atoms with E-state index in [-0.39, 0.29) is 16.3 Å². The summed E-state index contributed by atoms with van der Waals surface area (Å²) < 4.78 is 0. The second-order valence-corrected chi connectivity index (χ2v) is 3.40. The van der Waals surface area contributed by atoms with E-state index in [0.717, 1.165) is 18.3 Å². The number of rotatable bonds is 4. The maximum Gasteiger partial charge on any atom is 0.270 e. The highest BCUT2D eigenvalue weighted by molar-refractivity contribution is 6.34. The van der Waals surface area contributed by atoms with Crippen LogP contribution in [-0.4, -0.2) is 15.8 Å². The van der Waals surface area contributed by atoms with Crippen LogP contribution in [0, 0.1) is 20.2 Å². The van der Waals surface area contributed by atoms with E-state index in [9.17, 15) is 25.0 Å². The number of nitro benzene ring substituents is 1. The first-order valence-electron chi connectivity index (χ1n) is 4.47. The third kappa shape index (κ3) is 3.52. The topological polar surface area (TPSA) is 115 Å². The van der Waals surface area contributed by atoms with Gasteiger partial charge in [0.2, 0.25) is 6.20 Å². The molecule has 0 fully saturated rings. The molecular formula is C9H6ClN3O5. The lowest BCUT2D eigenvalue weighted by Gasteiger charge is -2.02. The summed E-state index contributed by atoms with van der Waals surface area (Å²) in [6.07, 6.45) is 1.32. The number of hydrogen-bond donors (Lipinski definition) is 1. The highest BCUT2D eigenvalue weighted by Crippen LogP contribution is 2.21. The van der Waals surface area contributed by atoms with Gasteiger partial charge in [-0.2, -0.15) is 0 Å². The fourth-order valence-electron chi connectivity index (χ4n) is 1.05. The van der Waals surface area contributed by atoms with Crippen LogP contribution in [-0.2, 0) is 0 Å². The van der Waals surface area contributed by atoms with Crippen molar-refractivity contribution in [2.45, 2.75) is 0 Å². The Morgan fingerprint density at radius 3 is 2.56 bits per heavy atom. The van der Waals surface area contributed by atoms with Crippen LogP contribution in [0.4, 0.5) is 5.69 Å². The van der Waals surface area contributed by atoms with Crippen LogP contribution >= 0.6 is 11.6 Å². The molecule has 0 saturated heterocycles. The molecule has 0 atom stereocenters. The van der Waals surface area contributed by atoms with E-state index in [1.807, 2.05) is 0 Å². The van der Waals surface area contributed by atoms with E-state index < -0.39 is 15.8 Å². The number of hydrogen-bond acceptors (Lipinski definition) is 5. The lowest BCUT2D eigenvalue weighted by Crippen LogP contribution is -2.18. The van der Waals surface area contributed by atoms with Crippen molar-refractivity contribution in [2.24, 2.45) is 0 Å². The van der Waals surface area contributed by atoms with Gasteiger partial charge in [-0.05, 0) is 6.07 Å². The number of carbonyl (C=O) groups is 1. The number of amides is 1. The van der Waals surface area contributed by atoms with Crippen LogP contribution in [0.5, 0.6) is 0 Å². The molecule has 0 aliphatic rings. The molecule has 18 heavy (non-hydrogen) atoms. The van der Waals surface area contributed by atoms with Crippen molar-refractivity contribution in [1.82, 2.24) is 5.32 Å². The number of nitro groups is 2. The van der Waals surface area contributed by atoms with Crippen LogP contribution in [0.2, 0.25) is 5.02 Å². The summed E-state index contributed by atoms with van der Waals surface area (Å²) in [5.74, 6) is -0.776. The summed E-state index contributed by atoms with van der Waals surface area (Å²) in [6, 6.07) is 3.33. The Morgan fingerprint density at radius 2 is 2.00 bits per heavy atom. The molecular weight excluding hydrogens is 266 g/mol. The van der Waals surface area contributed by atoms with Crippen molar-refractivity contribution >= 4 is 23.2 Å². The molecule has 8 nitrogen and oxygen atoms in total. The second kappa shape index (κ2) is 5.73. The molecule has 94 valence electrons. The predicted molar refractivity (Wildman–Crippen MR) is 61.7 cm³/mol. The maximum absolute atomic E-state index is 11.5. The lowest BCUT2D eigenvalue weighted by atomic mass is 10.2. The van der Waals surface area contributed by atoms with Gasteiger partial charge in [-0.3, -0.25) is 25.0 Å². The summed E-state index contributed by atoms with van der Waals surface area (Å²) in [7, 11) is 0. The average molecular weight is 272 g/mol. The van der Waals surface area contributed by atoms with Gasteiger partial charge in [-0.15, -0.1) is 0 Å². The highest BCUT2D eigenvalue weighted by Gasteiger charge is 2.15. The molecule has 1 rings (SSSR count). The normalized spacial score (nSPS) is 10.3. The first-order chi connectivity index (χ1) is 8.41. The van der Waals surface area contributed by atoms with E-state index in [0.29, 0.717) is 6.20 Å². The number of nitrogens with one attached hydrogen (secondary N) is 1. The molecule has 0 unspecified atom stereocenters. The summed E-state index contributed by atoms with van der Waals surface area (Å²) >= 11 is 5.70. The molecule has 0 saturated carbocycles. The molecule has 0 radical (unpaired) electrons. The van der Waals surface area contributed by atoms with Crippen molar-refractivity contribution in [3.63, 3.8) is 0 Å². The monoisotopic (exact) mass is 271 g/mol. The third-order valence-corrected chi connectivity index (χ3v) is 2.15. The molecule has 1 amide bonds. The maximum atomic E-state index is 11.5. The van der Waals surface area contributed by atoms with Crippen LogP contribution in [0.1, 0.15) is 10.4 Å². The number of benzene rings is 1. The Bertz CT molecular complexity index is 543. The highest BCUT2D eigenvalue weighted by atomic mass is 35.5. The first kappa shape index (κ1) is 13.6. The third-order valence-electron chi connectivity index (χ3n) is 1.82. The van der Waals surface area contributed by atoms with Crippen molar-refractivity contribution < 1.29 is 14.6 Å². The smallest absolute Gasteiger partial charge is 0.270 e. The van der Waals surface area contributed by atoms with E-state index in [4.69, 9.17) is 11.6 Å². The van der Waals surface area contributed by atoms with Gasteiger partial charge in [-0.1, -0.05) is 11.6 Å². The van der Waals surface area contributed by atoms with E-state index in [1.54, 1.807) is 0 Å². The Hall–Kier alpha value is -2.48. The molecule has 0 heterocycles. The Labute approximate surface area is 105 Å². The molecule has 1 N–H and O–H groups in total. The van der Waals surface area contributed by atoms with E-state index in [1.165, 1.54) is 6.07 Å². The SMILES string of the molecule is O=C(NC=C[N+](=O)[O-])c1cc([N+](=O)[O-])ccc1Cl. The summed E-state index contributed by atoms with van der Waals surface area (Å²) in [5.41, 5.74) is -0.443. The van der Waals surface area contributed by atoms with Gasteiger partial charge in [0.15, 0.2) is 0 Å². The van der Waals surface area contributed by atoms with Gasteiger partial charge in [0.25, 0.3) is 11.6 Å². The van der Waals surface area contributed by atoms with Crippen molar-refractivity contribution in [3.05, 3.63) is 61.4 Å². The van der Waals surface area contributed by atoms with Gasteiger partial charge in [0, 0.05) is 12.1 Å². The standard InChI is InChI=1S/C9H6ClN3O5/c10-8-2-1-6(13(17)18)5-7(8)9(14)11-3-4-12(15)16/h1-5H,(H,11,14). The summed E-state index contributed by atoms with van der Waals surface area (Å²) in [6.45, 7) is 0. The Balaban J connectivity index is 2.94. The predicted octanol–water partition coefficient (Wildman–Crippen LogP) is 1.73. The molecule has 0 aliphatic heterocycles.